The molecule has 0 heterocycles. The van der Waals surface area contributed by atoms with Gasteiger partial charge in [0.25, 0.3) is 0 Å². The van der Waals surface area contributed by atoms with E-state index < -0.39 is 35.9 Å². The molecule has 2 aromatic carbocycles. The van der Waals surface area contributed by atoms with E-state index in [-0.39, 0.29) is 0 Å². The molecule has 0 aliphatic rings. The summed E-state index contributed by atoms with van der Waals surface area (Å²) in [7, 11) is 0. The highest BCUT2D eigenvalue weighted by molar-refractivity contribution is 5.85. The Labute approximate surface area is 158 Å². The number of carbonyl (C=O) groups is 2. The molecule has 2 N–H and O–H groups in total. The lowest BCUT2D eigenvalue weighted by molar-refractivity contribution is -0.181. The molecule has 0 spiro atoms. The molecule has 2 rings (SSSR count). The first-order chi connectivity index (χ1) is 12.7. The Morgan fingerprint density at radius 3 is 1.59 bits per heavy atom. The lowest BCUT2D eigenvalue weighted by Crippen LogP contribution is -2.44. The fourth-order valence-electron chi connectivity index (χ4n) is 2.39. The molecule has 0 amide bonds. The normalized spacial score (nSPS) is 13.7. The van der Waals surface area contributed by atoms with Gasteiger partial charge in [-0.25, -0.2) is 9.59 Å². The third kappa shape index (κ3) is 5.91. The van der Waals surface area contributed by atoms with Crippen molar-refractivity contribution in [3.8, 4) is 0 Å². The highest BCUT2D eigenvalue weighted by Crippen LogP contribution is 2.26. The van der Waals surface area contributed by atoms with Crippen LogP contribution in [0.15, 0.2) is 60.7 Å². The molecule has 27 heavy (non-hydrogen) atoms. The molecule has 0 unspecified atom stereocenters. The van der Waals surface area contributed by atoms with Crippen molar-refractivity contribution >= 4 is 11.9 Å². The summed E-state index contributed by atoms with van der Waals surface area (Å²) in [4.78, 5) is 24.3. The maximum absolute atomic E-state index is 12.4. The number of benzene rings is 2. The van der Waals surface area contributed by atoms with E-state index in [4.69, 9.17) is 9.47 Å². The Morgan fingerprint density at radius 1 is 0.778 bits per heavy atom. The fraction of sp³-hybridized carbons (Fsp3) is 0.333. The van der Waals surface area contributed by atoms with Crippen LogP contribution < -0.4 is 0 Å². The van der Waals surface area contributed by atoms with Gasteiger partial charge in [0.05, 0.1) is 0 Å². The van der Waals surface area contributed by atoms with Crippen molar-refractivity contribution in [1.29, 1.82) is 0 Å². The molecule has 0 aliphatic heterocycles. The predicted octanol–water partition coefficient (Wildman–Crippen LogP) is 2.38. The van der Waals surface area contributed by atoms with Crippen molar-refractivity contribution in [3.63, 3.8) is 0 Å². The van der Waals surface area contributed by atoms with E-state index in [0.717, 1.165) is 0 Å². The van der Waals surface area contributed by atoms with Crippen molar-refractivity contribution < 1.29 is 29.3 Å². The first kappa shape index (κ1) is 20.6. The van der Waals surface area contributed by atoms with Crippen LogP contribution >= 0.6 is 0 Å². The summed E-state index contributed by atoms with van der Waals surface area (Å²) in [5.41, 5.74) is 0.519. The van der Waals surface area contributed by atoms with E-state index in [1.807, 2.05) is 12.1 Å². The summed E-state index contributed by atoms with van der Waals surface area (Å²) in [5.74, 6) is -2.21. The van der Waals surface area contributed by atoms with Crippen LogP contribution in [0.25, 0.3) is 0 Å². The molecule has 2 atom stereocenters. The second-order valence-corrected chi connectivity index (χ2v) is 7.06. The zero-order chi connectivity index (χ0) is 20.0. The molecule has 144 valence electrons. The number of esters is 2. The van der Waals surface area contributed by atoms with Crippen LogP contribution in [0.3, 0.4) is 0 Å². The molecular weight excluding hydrogens is 348 g/mol. The minimum Gasteiger partial charge on any atom is -0.458 e. The summed E-state index contributed by atoms with van der Waals surface area (Å²) in [6.07, 6.45) is -4.89. The van der Waals surface area contributed by atoms with Crippen LogP contribution in [-0.2, 0) is 19.1 Å². The quantitative estimate of drug-likeness (QED) is 0.757. The Kier molecular flexibility index (Phi) is 6.71. The summed E-state index contributed by atoms with van der Waals surface area (Å²) >= 11 is 0. The third-order valence-corrected chi connectivity index (χ3v) is 3.63. The Hall–Kier alpha value is -2.70. The predicted molar refractivity (Wildman–Crippen MR) is 98.7 cm³/mol. The Morgan fingerprint density at radius 2 is 1.19 bits per heavy atom. The Balaban J connectivity index is 2.17. The SMILES string of the molecule is CC(C)(C)OC(=O)[C@@H](O)[C@H](O)C(=O)OC(c1ccccc1)c1ccccc1. The number of hydrogen-bond acceptors (Lipinski definition) is 6. The summed E-state index contributed by atoms with van der Waals surface area (Å²) in [6, 6.07) is 18.0. The van der Waals surface area contributed by atoms with Gasteiger partial charge in [-0.15, -0.1) is 0 Å². The van der Waals surface area contributed by atoms with Gasteiger partial charge < -0.3 is 19.7 Å². The van der Waals surface area contributed by atoms with Gasteiger partial charge in [0, 0.05) is 0 Å². The minimum atomic E-state index is -2.06. The van der Waals surface area contributed by atoms with Crippen molar-refractivity contribution in [2.45, 2.75) is 44.7 Å². The van der Waals surface area contributed by atoms with Gasteiger partial charge in [0.15, 0.2) is 18.3 Å². The van der Waals surface area contributed by atoms with Gasteiger partial charge in [-0.1, -0.05) is 60.7 Å². The number of aliphatic hydroxyl groups is 2. The monoisotopic (exact) mass is 372 g/mol. The van der Waals surface area contributed by atoms with Crippen LogP contribution in [0.1, 0.15) is 38.0 Å². The number of hydrogen-bond donors (Lipinski definition) is 2. The molecule has 0 aromatic heterocycles. The van der Waals surface area contributed by atoms with E-state index >= 15 is 0 Å². The van der Waals surface area contributed by atoms with Crippen molar-refractivity contribution in [2.24, 2.45) is 0 Å². The average molecular weight is 372 g/mol. The van der Waals surface area contributed by atoms with Gasteiger partial charge in [-0.3, -0.25) is 0 Å². The van der Waals surface area contributed by atoms with Crippen LogP contribution in [0, 0.1) is 0 Å². The van der Waals surface area contributed by atoms with E-state index in [2.05, 4.69) is 0 Å². The molecule has 0 saturated carbocycles. The second kappa shape index (κ2) is 8.79. The van der Waals surface area contributed by atoms with Crippen molar-refractivity contribution in [1.82, 2.24) is 0 Å². The molecule has 0 saturated heterocycles. The van der Waals surface area contributed by atoms with E-state index in [1.54, 1.807) is 69.3 Å². The topological polar surface area (TPSA) is 93.1 Å². The van der Waals surface area contributed by atoms with E-state index in [9.17, 15) is 19.8 Å². The average Bonchev–Trinajstić information content (AvgIpc) is 2.64. The highest BCUT2D eigenvalue weighted by atomic mass is 16.6. The number of rotatable bonds is 6. The van der Waals surface area contributed by atoms with Crippen molar-refractivity contribution in [2.75, 3.05) is 0 Å². The van der Waals surface area contributed by atoms with E-state index in [1.165, 1.54) is 0 Å². The second-order valence-electron chi connectivity index (χ2n) is 7.06. The molecule has 6 heteroatoms. The van der Waals surface area contributed by atoms with Gasteiger partial charge in [0.1, 0.15) is 5.60 Å². The number of aliphatic hydroxyl groups excluding tert-OH is 2. The minimum absolute atomic E-state index is 0.691. The lowest BCUT2D eigenvalue weighted by atomic mass is 10.0. The number of carbonyl (C=O) groups excluding carboxylic acids is 2. The highest BCUT2D eigenvalue weighted by Gasteiger charge is 2.36. The smallest absolute Gasteiger partial charge is 0.339 e. The number of ether oxygens (including phenoxy) is 2. The first-order valence-electron chi connectivity index (χ1n) is 8.58. The molecule has 0 bridgehead atoms. The molecule has 6 nitrogen and oxygen atoms in total. The molecule has 0 fully saturated rings. The fourth-order valence-corrected chi connectivity index (χ4v) is 2.39. The van der Waals surface area contributed by atoms with Gasteiger partial charge in [0.2, 0.25) is 0 Å². The Bertz CT molecular complexity index is 712. The van der Waals surface area contributed by atoms with Crippen LogP contribution in [0.5, 0.6) is 0 Å². The van der Waals surface area contributed by atoms with E-state index in [0.29, 0.717) is 11.1 Å². The van der Waals surface area contributed by atoms with Crippen LogP contribution in [-0.4, -0.2) is 40.0 Å². The molecule has 2 aromatic rings. The lowest BCUT2D eigenvalue weighted by Gasteiger charge is -2.25. The maximum atomic E-state index is 12.4. The van der Waals surface area contributed by atoms with Crippen LogP contribution in [0.4, 0.5) is 0 Å². The summed E-state index contributed by atoms with van der Waals surface area (Å²) in [6.45, 7) is 4.84. The zero-order valence-corrected chi connectivity index (χ0v) is 15.5. The first-order valence-corrected chi connectivity index (χ1v) is 8.58. The maximum Gasteiger partial charge on any atom is 0.339 e. The van der Waals surface area contributed by atoms with Gasteiger partial charge in [-0.05, 0) is 31.9 Å². The zero-order valence-electron chi connectivity index (χ0n) is 15.5. The standard InChI is InChI=1S/C21H24O6/c1-21(2,3)27-20(25)17(23)16(22)19(24)26-18(14-10-6-4-7-11-14)15-12-8-5-9-13-15/h4-13,16-18,22-23H,1-3H3/t16-,17-/m0/s1. The van der Waals surface area contributed by atoms with Gasteiger partial charge >= 0.3 is 11.9 Å². The summed E-state index contributed by atoms with van der Waals surface area (Å²) < 4.78 is 10.4. The molecular formula is C21H24O6. The molecule has 0 radical (unpaired) electrons. The largest absolute Gasteiger partial charge is 0.458 e. The van der Waals surface area contributed by atoms with Gasteiger partial charge in [-0.2, -0.15) is 0 Å². The summed E-state index contributed by atoms with van der Waals surface area (Å²) in [5, 5.41) is 20.0. The van der Waals surface area contributed by atoms with Crippen LogP contribution in [0.2, 0.25) is 0 Å². The molecule has 0 aliphatic carbocycles. The van der Waals surface area contributed by atoms with Crippen molar-refractivity contribution in [3.05, 3.63) is 71.8 Å². The third-order valence-electron chi connectivity index (χ3n) is 3.63.